The highest BCUT2D eigenvalue weighted by Crippen LogP contribution is 2.17. The fraction of sp³-hybridized carbons (Fsp3) is 0.467. The first-order valence-corrected chi connectivity index (χ1v) is 6.83. The summed E-state index contributed by atoms with van der Waals surface area (Å²) >= 11 is 0. The summed E-state index contributed by atoms with van der Waals surface area (Å²) in [5, 5.41) is 8.81. The standard InChI is InChI=1S/C15H20N4/c1-3-18(4-2)12-15-17-13-8-5-6-9-14(13)19(15)11-7-10-16/h5-6,8-9H,3-4,7,11-12H2,1-2H3. The number of aryl methyl sites for hydroxylation is 1. The van der Waals surface area contributed by atoms with Crippen molar-refractivity contribution < 1.29 is 0 Å². The third-order valence-electron chi connectivity index (χ3n) is 3.44. The number of benzene rings is 1. The first-order valence-electron chi connectivity index (χ1n) is 6.83. The van der Waals surface area contributed by atoms with Crippen molar-refractivity contribution in [2.24, 2.45) is 0 Å². The number of aromatic nitrogens is 2. The number of hydrogen-bond acceptors (Lipinski definition) is 3. The molecule has 0 aliphatic heterocycles. The Morgan fingerprint density at radius 3 is 2.68 bits per heavy atom. The third-order valence-corrected chi connectivity index (χ3v) is 3.44. The van der Waals surface area contributed by atoms with Gasteiger partial charge in [0.05, 0.1) is 30.1 Å². The van der Waals surface area contributed by atoms with E-state index >= 15 is 0 Å². The number of para-hydroxylation sites is 2. The Morgan fingerprint density at radius 1 is 1.26 bits per heavy atom. The minimum atomic E-state index is 0.519. The second-order valence-corrected chi connectivity index (χ2v) is 4.54. The summed E-state index contributed by atoms with van der Waals surface area (Å²) in [6.45, 7) is 7.90. The topological polar surface area (TPSA) is 44.9 Å². The quantitative estimate of drug-likeness (QED) is 0.798. The van der Waals surface area contributed by atoms with E-state index in [1.807, 2.05) is 18.2 Å². The van der Waals surface area contributed by atoms with Crippen LogP contribution in [-0.2, 0) is 13.1 Å². The summed E-state index contributed by atoms with van der Waals surface area (Å²) in [6.07, 6.45) is 0.519. The van der Waals surface area contributed by atoms with Crippen LogP contribution in [0.25, 0.3) is 11.0 Å². The smallest absolute Gasteiger partial charge is 0.124 e. The van der Waals surface area contributed by atoms with E-state index in [1.165, 1.54) is 0 Å². The van der Waals surface area contributed by atoms with Crippen molar-refractivity contribution in [2.45, 2.75) is 33.4 Å². The number of nitrogens with zero attached hydrogens (tertiary/aromatic N) is 4. The summed E-state index contributed by atoms with van der Waals surface area (Å²) in [6, 6.07) is 10.4. The number of fused-ring (bicyclic) bond motifs is 1. The maximum atomic E-state index is 8.81. The molecule has 4 heteroatoms. The molecule has 0 atom stereocenters. The first-order chi connectivity index (χ1) is 9.30. The van der Waals surface area contributed by atoms with Gasteiger partial charge in [0.2, 0.25) is 0 Å². The normalized spacial score (nSPS) is 11.1. The summed E-state index contributed by atoms with van der Waals surface area (Å²) < 4.78 is 2.18. The number of rotatable bonds is 6. The lowest BCUT2D eigenvalue weighted by Crippen LogP contribution is -2.24. The Kier molecular flexibility index (Phi) is 4.53. The van der Waals surface area contributed by atoms with Gasteiger partial charge in [0.25, 0.3) is 0 Å². The van der Waals surface area contributed by atoms with E-state index < -0.39 is 0 Å². The molecule has 0 aliphatic rings. The largest absolute Gasteiger partial charge is 0.326 e. The Labute approximate surface area is 114 Å². The van der Waals surface area contributed by atoms with Crippen LogP contribution in [0.1, 0.15) is 26.1 Å². The van der Waals surface area contributed by atoms with E-state index in [-0.39, 0.29) is 0 Å². The second-order valence-electron chi connectivity index (χ2n) is 4.54. The number of hydrogen-bond donors (Lipinski definition) is 0. The number of imidazole rings is 1. The fourth-order valence-electron chi connectivity index (χ4n) is 2.30. The highest BCUT2D eigenvalue weighted by atomic mass is 15.2. The van der Waals surface area contributed by atoms with Crippen molar-refractivity contribution in [1.29, 1.82) is 5.26 Å². The molecule has 1 heterocycles. The van der Waals surface area contributed by atoms with E-state index in [9.17, 15) is 0 Å². The number of nitriles is 1. The predicted octanol–water partition coefficient (Wildman–Crippen LogP) is 2.79. The van der Waals surface area contributed by atoms with Gasteiger partial charge in [0.1, 0.15) is 5.82 Å². The van der Waals surface area contributed by atoms with Gasteiger partial charge in [-0.2, -0.15) is 5.26 Å². The van der Waals surface area contributed by atoms with Gasteiger partial charge in [-0.3, -0.25) is 4.90 Å². The van der Waals surface area contributed by atoms with Crippen molar-refractivity contribution in [3.63, 3.8) is 0 Å². The van der Waals surface area contributed by atoms with Gasteiger partial charge in [-0.15, -0.1) is 0 Å². The Balaban J connectivity index is 2.38. The SMILES string of the molecule is CCN(CC)Cc1nc2ccccc2n1CCC#N. The van der Waals surface area contributed by atoms with Crippen LogP contribution in [0.2, 0.25) is 0 Å². The lowest BCUT2D eigenvalue weighted by atomic mass is 10.3. The monoisotopic (exact) mass is 256 g/mol. The van der Waals surface area contributed by atoms with Crippen molar-refractivity contribution in [1.82, 2.24) is 14.5 Å². The zero-order valence-corrected chi connectivity index (χ0v) is 11.6. The summed E-state index contributed by atoms with van der Waals surface area (Å²) in [7, 11) is 0. The van der Waals surface area contributed by atoms with Crippen LogP contribution in [0.5, 0.6) is 0 Å². The van der Waals surface area contributed by atoms with Crippen molar-refractivity contribution in [3.05, 3.63) is 30.1 Å². The summed E-state index contributed by atoms with van der Waals surface area (Å²) in [5.74, 6) is 1.06. The van der Waals surface area contributed by atoms with Gasteiger partial charge in [-0.05, 0) is 25.2 Å². The van der Waals surface area contributed by atoms with Crippen LogP contribution in [0.3, 0.4) is 0 Å². The highest BCUT2D eigenvalue weighted by Gasteiger charge is 2.12. The van der Waals surface area contributed by atoms with Crippen LogP contribution in [0, 0.1) is 11.3 Å². The molecule has 0 fully saturated rings. The lowest BCUT2D eigenvalue weighted by molar-refractivity contribution is 0.284. The van der Waals surface area contributed by atoms with Gasteiger partial charge >= 0.3 is 0 Å². The molecule has 19 heavy (non-hydrogen) atoms. The van der Waals surface area contributed by atoms with E-state index in [1.54, 1.807) is 0 Å². The minimum absolute atomic E-state index is 0.519. The molecule has 0 amide bonds. The maximum Gasteiger partial charge on any atom is 0.124 e. The molecule has 0 aliphatic carbocycles. The zero-order chi connectivity index (χ0) is 13.7. The average Bonchev–Trinajstić information content (AvgIpc) is 2.79. The highest BCUT2D eigenvalue weighted by molar-refractivity contribution is 5.75. The summed E-state index contributed by atoms with van der Waals surface area (Å²) in [4.78, 5) is 7.05. The molecular formula is C15H20N4. The Bertz CT molecular complexity index is 575. The van der Waals surface area contributed by atoms with Crippen molar-refractivity contribution in [2.75, 3.05) is 13.1 Å². The van der Waals surface area contributed by atoms with Crippen LogP contribution in [-0.4, -0.2) is 27.5 Å². The molecule has 0 radical (unpaired) electrons. The molecule has 1 aromatic carbocycles. The molecule has 0 saturated carbocycles. The first kappa shape index (κ1) is 13.6. The van der Waals surface area contributed by atoms with Crippen molar-refractivity contribution in [3.8, 4) is 6.07 Å². The second kappa shape index (κ2) is 6.35. The van der Waals surface area contributed by atoms with E-state index in [4.69, 9.17) is 10.2 Å². The molecule has 100 valence electrons. The third kappa shape index (κ3) is 2.94. The molecule has 0 spiro atoms. The average molecular weight is 256 g/mol. The Morgan fingerprint density at radius 2 is 2.00 bits per heavy atom. The van der Waals surface area contributed by atoms with Crippen molar-refractivity contribution >= 4 is 11.0 Å². The Hall–Kier alpha value is -1.86. The molecule has 0 bridgehead atoms. The van der Waals surface area contributed by atoms with Gasteiger partial charge in [0.15, 0.2) is 0 Å². The van der Waals surface area contributed by atoms with E-state index in [0.29, 0.717) is 13.0 Å². The summed E-state index contributed by atoms with van der Waals surface area (Å²) in [5.41, 5.74) is 2.14. The zero-order valence-electron chi connectivity index (χ0n) is 11.6. The van der Waals surface area contributed by atoms with Gasteiger partial charge in [-0.1, -0.05) is 26.0 Å². The van der Waals surface area contributed by atoms with Crippen LogP contribution < -0.4 is 0 Å². The molecule has 2 aromatic rings. The molecule has 2 rings (SSSR count). The van der Waals surface area contributed by atoms with Gasteiger partial charge in [0, 0.05) is 6.54 Å². The van der Waals surface area contributed by atoms with Crippen LogP contribution >= 0.6 is 0 Å². The molecule has 0 unspecified atom stereocenters. The molecule has 0 N–H and O–H groups in total. The minimum Gasteiger partial charge on any atom is -0.326 e. The maximum absolute atomic E-state index is 8.81. The fourth-order valence-corrected chi connectivity index (χ4v) is 2.30. The molecule has 1 aromatic heterocycles. The molecular weight excluding hydrogens is 236 g/mol. The van der Waals surface area contributed by atoms with Crippen LogP contribution in [0.15, 0.2) is 24.3 Å². The van der Waals surface area contributed by atoms with Gasteiger partial charge in [-0.25, -0.2) is 4.98 Å². The predicted molar refractivity (Wildman–Crippen MR) is 76.6 cm³/mol. The molecule has 4 nitrogen and oxygen atoms in total. The molecule has 0 saturated heterocycles. The van der Waals surface area contributed by atoms with Gasteiger partial charge < -0.3 is 4.57 Å². The van der Waals surface area contributed by atoms with E-state index in [2.05, 4.69) is 35.5 Å². The van der Waals surface area contributed by atoms with E-state index in [0.717, 1.165) is 36.5 Å². The lowest BCUT2D eigenvalue weighted by Gasteiger charge is -2.18. The van der Waals surface area contributed by atoms with Crippen LogP contribution in [0.4, 0.5) is 0 Å².